The molecule has 1 heterocycles. The molecule has 0 radical (unpaired) electrons. The van der Waals surface area contributed by atoms with Gasteiger partial charge in [-0.15, -0.1) is 0 Å². The Morgan fingerprint density at radius 1 is 1.00 bits per heavy atom. The molecular formula is C20H17FN2O2. The van der Waals surface area contributed by atoms with Crippen LogP contribution in [0.25, 0.3) is 0 Å². The second-order valence-electron chi connectivity index (χ2n) is 5.83. The molecule has 1 N–H and O–H groups in total. The van der Waals surface area contributed by atoms with Crippen LogP contribution in [0, 0.1) is 12.7 Å². The van der Waals surface area contributed by atoms with Crippen molar-refractivity contribution in [3.63, 3.8) is 0 Å². The predicted octanol–water partition coefficient (Wildman–Crippen LogP) is 3.60. The van der Waals surface area contributed by atoms with Gasteiger partial charge in [0.15, 0.2) is 0 Å². The number of halogens is 1. The fraction of sp³-hybridized carbons (Fsp3) is 0.100. The second-order valence-corrected chi connectivity index (χ2v) is 5.83. The second kappa shape index (κ2) is 7.13. The van der Waals surface area contributed by atoms with E-state index >= 15 is 0 Å². The first-order valence-corrected chi connectivity index (χ1v) is 7.84. The van der Waals surface area contributed by atoms with E-state index in [1.54, 1.807) is 12.1 Å². The molecule has 0 aliphatic heterocycles. The monoisotopic (exact) mass is 336 g/mol. The van der Waals surface area contributed by atoms with Gasteiger partial charge in [-0.2, -0.15) is 0 Å². The van der Waals surface area contributed by atoms with E-state index in [4.69, 9.17) is 0 Å². The zero-order chi connectivity index (χ0) is 17.8. The van der Waals surface area contributed by atoms with Crippen molar-refractivity contribution < 1.29 is 9.18 Å². The summed E-state index contributed by atoms with van der Waals surface area (Å²) in [5, 5.41) is 2.80. The van der Waals surface area contributed by atoms with Crippen LogP contribution in [0.4, 0.5) is 10.1 Å². The fourth-order valence-electron chi connectivity index (χ4n) is 2.42. The number of rotatable bonds is 4. The number of carbonyl (C=O) groups excluding carboxylic acids is 1. The van der Waals surface area contributed by atoms with E-state index in [0.717, 1.165) is 11.1 Å². The summed E-state index contributed by atoms with van der Waals surface area (Å²) < 4.78 is 14.4. The van der Waals surface area contributed by atoms with Gasteiger partial charge in [0.1, 0.15) is 5.82 Å². The molecule has 25 heavy (non-hydrogen) atoms. The topological polar surface area (TPSA) is 51.1 Å². The lowest BCUT2D eigenvalue weighted by molar-refractivity contribution is 0.102. The van der Waals surface area contributed by atoms with Gasteiger partial charge in [-0.1, -0.05) is 29.8 Å². The molecule has 4 nitrogen and oxygen atoms in total. The number of aromatic nitrogens is 1. The molecule has 0 aliphatic rings. The summed E-state index contributed by atoms with van der Waals surface area (Å²) in [6.07, 6.45) is 1.51. The molecule has 1 aromatic heterocycles. The highest BCUT2D eigenvalue weighted by Crippen LogP contribution is 2.11. The first-order valence-electron chi connectivity index (χ1n) is 7.84. The molecule has 0 bridgehead atoms. The van der Waals surface area contributed by atoms with Crippen molar-refractivity contribution in [2.45, 2.75) is 13.5 Å². The maximum Gasteiger partial charge on any atom is 0.257 e. The highest BCUT2D eigenvalue weighted by atomic mass is 19.1. The zero-order valence-electron chi connectivity index (χ0n) is 13.7. The Kier molecular flexibility index (Phi) is 4.75. The predicted molar refractivity (Wildman–Crippen MR) is 95.3 cm³/mol. The van der Waals surface area contributed by atoms with Crippen LogP contribution >= 0.6 is 0 Å². The SMILES string of the molecule is Cc1ccc(NC(=O)c2ccc(=O)n(Cc3ccc(F)cc3)c2)cc1. The summed E-state index contributed by atoms with van der Waals surface area (Å²) in [7, 11) is 0. The Morgan fingerprint density at radius 3 is 2.36 bits per heavy atom. The van der Waals surface area contributed by atoms with Gasteiger partial charge < -0.3 is 9.88 Å². The molecule has 3 aromatic rings. The van der Waals surface area contributed by atoms with Gasteiger partial charge in [0.2, 0.25) is 0 Å². The standard InChI is InChI=1S/C20H17FN2O2/c1-14-2-9-18(10-3-14)22-20(25)16-6-11-19(24)23(13-16)12-15-4-7-17(21)8-5-15/h2-11,13H,12H2,1H3,(H,22,25). The Morgan fingerprint density at radius 2 is 1.68 bits per heavy atom. The minimum atomic E-state index is -0.331. The molecule has 0 saturated carbocycles. The summed E-state index contributed by atoms with van der Waals surface area (Å²) in [6.45, 7) is 2.24. The van der Waals surface area contributed by atoms with Gasteiger partial charge >= 0.3 is 0 Å². The van der Waals surface area contributed by atoms with Gasteiger partial charge in [-0.3, -0.25) is 9.59 Å². The molecule has 1 amide bonds. The van der Waals surface area contributed by atoms with E-state index in [-0.39, 0.29) is 23.8 Å². The number of amides is 1. The van der Waals surface area contributed by atoms with Crippen molar-refractivity contribution >= 4 is 11.6 Å². The third-order valence-electron chi connectivity index (χ3n) is 3.82. The van der Waals surface area contributed by atoms with Gasteiger partial charge in [-0.05, 0) is 42.8 Å². The summed E-state index contributed by atoms with van der Waals surface area (Å²) >= 11 is 0. The van der Waals surface area contributed by atoms with Crippen LogP contribution in [0.15, 0.2) is 71.7 Å². The molecule has 3 rings (SSSR count). The first kappa shape index (κ1) is 16.6. The largest absolute Gasteiger partial charge is 0.322 e. The third kappa shape index (κ3) is 4.20. The van der Waals surface area contributed by atoms with Crippen molar-refractivity contribution in [3.8, 4) is 0 Å². The molecule has 0 fully saturated rings. The lowest BCUT2D eigenvalue weighted by Crippen LogP contribution is -2.22. The third-order valence-corrected chi connectivity index (χ3v) is 3.82. The van der Waals surface area contributed by atoms with E-state index in [9.17, 15) is 14.0 Å². The van der Waals surface area contributed by atoms with Crippen molar-refractivity contribution in [1.82, 2.24) is 4.57 Å². The first-order chi connectivity index (χ1) is 12.0. The van der Waals surface area contributed by atoms with Crippen LogP contribution in [0.2, 0.25) is 0 Å². The molecule has 0 atom stereocenters. The molecular weight excluding hydrogens is 319 g/mol. The van der Waals surface area contributed by atoms with E-state index in [2.05, 4.69) is 5.32 Å². The van der Waals surface area contributed by atoms with E-state index in [1.165, 1.54) is 35.0 Å². The molecule has 5 heteroatoms. The summed E-state index contributed by atoms with van der Waals surface area (Å²) in [6, 6.07) is 16.2. The normalized spacial score (nSPS) is 10.5. The Balaban J connectivity index is 1.80. The lowest BCUT2D eigenvalue weighted by Gasteiger charge is -2.09. The van der Waals surface area contributed by atoms with Crippen LogP contribution in [0.3, 0.4) is 0 Å². The van der Waals surface area contributed by atoms with Gasteiger partial charge in [-0.25, -0.2) is 4.39 Å². The average Bonchev–Trinajstić information content (AvgIpc) is 2.60. The number of benzene rings is 2. The minimum absolute atomic E-state index is 0.226. The van der Waals surface area contributed by atoms with Crippen LogP contribution in [-0.4, -0.2) is 10.5 Å². The Labute approximate surface area is 144 Å². The number of nitrogens with zero attached hydrogens (tertiary/aromatic N) is 1. The molecule has 0 saturated heterocycles. The maximum absolute atomic E-state index is 13.0. The highest BCUT2D eigenvalue weighted by molar-refractivity contribution is 6.04. The quantitative estimate of drug-likeness (QED) is 0.791. The smallest absolute Gasteiger partial charge is 0.257 e. The van der Waals surface area contributed by atoms with Crippen LogP contribution in [0.5, 0.6) is 0 Å². The fourth-order valence-corrected chi connectivity index (χ4v) is 2.42. The number of hydrogen-bond acceptors (Lipinski definition) is 2. The van der Waals surface area contributed by atoms with Crippen LogP contribution < -0.4 is 10.9 Å². The highest BCUT2D eigenvalue weighted by Gasteiger charge is 2.08. The van der Waals surface area contributed by atoms with Crippen LogP contribution in [0.1, 0.15) is 21.5 Å². The van der Waals surface area contributed by atoms with E-state index in [1.807, 2.05) is 31.2 Å². The van der Waals surface area contributed by atoms with Crippen molar-refractivity contribution in [2.24, 2.45) is 0 Å². The number of aryl methyl sites for hydroxylation is 1. The molecule has 2 aromatic carbocycles. The number of hydrogen-bond donors (Lipinski definition) is 1. The summed E-state index contributed by atoms with van der Waals surface area (Å²) in [5.74, 6) is -0.626. The minimum Gasteiger partial charge on any atom is -0.322 e. The molecule has 126 valence electrons. The average molecular weight is 336 g/mol. The summed E-state index contributed by atoms with van der Waals surface area (Å²) in [5.41, 5.74) is 2.72. The molecule has 0 spiro atoms. The molecule has 0 aliphatic carbocycles. The van der Waals surface area contributed by atoms with E-state index in [0.29, 0.717) is 11.3 Å². The van der Waals surface area contributed by atoms with Crippen LogP contribution in [-0.2, 0) is 6.54 Å². The Bertz CT molecular complexity index is 945. The summed E-state index contributed by atoms with van der Waals surface area (Å²) in [4.78, 5) is 24.4. The number of nitrogens with one attached hydrogen (secondary N) is 1. The van der Waals surface area contributed by atoms with Crippen molar-refractivity contribution in [3.05, 3.63) is 99.7 Å². The van der Waals surface area contributed by atoms with Gasteiger partial charge in [0.05, 0.1) is 12.1 Å². The van der Waals surface area contributed by atoms with E-state index < -0.39 is 0 Å². The molecule has 0 unspecified atom stereocenters. The maximum atomic E-state index is 13.0. The number of anilines is 1. The van der Waals surface area contributed by atoms with Gasteiger partial charge in [0, 0.05) is 18.0 Å². The van der Waals surface area contributed by atoms with Crippen molar-refractivity contribution in [1.29, 1.82) is 0 Å². The lowest BCUT2D eigenvalue weighted by atomic mass is 10.2. The zero-order valence-corrected chi connectivity index (χ0v) is 13.7. The number of pyridine rings is 1. The Hall–Kier alpha value is -3.21. The number of carbonyl (C=O) groups is 1. The van der Waals surface area contributed by atoms with Gasteiger partial charge in [0.25, 0.3) is 11.5 Å². The van der Waals surface area contributed by atoms with Crippen molar-refractivity contribution in [2.75, 3.05) is 5.32 Å².